The third-order valence-corrected chi connectivity index (χ3v) is 10.7. The molecule has 2 unspecified atom stereocenters. The molecule has 1 aliphatic heterocycles. The average Bonchev–Trinajstić information content (AvgIpc) is 3.18. The molecule has 0 saturated carbocycles. The van der Waals surface area contributed by atoms with Gasteiger partial charge in [-0.1, -0.05) is 76.6 Å². The summed E-state index contributed by atoms with van der Waals surface area (Å²) in [6.07, 6.45) is 3.83. The Morgan fingerprint density at radius 1 is 1.07 bits per heavy atom. The van der Waals surface area contributed by atoms with Crippen molar-refractivity contribution in [1.29, 1.82) is 5.26 Å². The van der Waals surface area contributed by atoms with Crippen LogP contribution in [0.4, 0.5) is 16.4 Å². The predicted molar refractivity (Wildman–Crippen MR) is 222 cm³/mol. The third kappa shape index (κ3) is 10.5. The van der Waals surface area contributed by atoms with Crippen molar-refractivity contribution in [2.75, 3.05) is 50.1 Å². The molecule has 3 N–H and O–H groups in total. The molecule has 1 saturated heterocycles. The molecule has 3 aromatic carbocycles. The maximum Gasteiger partial charge on any atom is 0.317 e. The van der Waals surface area contributed by atoms with Crippen molar-refractivity contribution in [3.05, 3.63) is 111 Å². The molecule has 1 fully saturated rings. The number of rotatable bonds is 15. The van der Waals surface area contributed by atoms with Gasteiger partial charge in [-0.15, -0.1) is 0 Å². The first-order valence-corrected chi connectivity index (χ1v) is 19.7. The number of Topliss-reactive ketones (excluding diaryl/α,β-unsaturated/α-hetero) is 1. The summed E-state index contributed by atoms with van der Waals surface area (Å²) in [6, 6.07) is 21.6. The Morgan fingerprint density at radius 3 is 2.43 bits per heavy atom. The predicted octanol–water partition coefficient (Wildman–Crippen LogP) is 7.78. The summed E-state index contributed by atoms with van der Waals surface area (Å²) in [5.41, 5.74) is 8.80. The summed E-state index contributed by atoms with van der Waals surface area (Å²) in [6.45, 7) is 13.0. The molecular weight excluding hydrogens is 748 g/mol. The highest BCUT2D eigenvalue weighted by molar-refractivity contribution is 7.74. The first kappa shape index (κ1) is 42.3. The largest absolute Gasteiger partial charge is 0.487 e. The standard InChI is InChI=1S/C42H51ClN8O4S/c1-7-28(3)39(52)36-14-9-29(23-30(36)8-2)15-17-46-41(53)50-21-19-49(20-22-50)38-31(26-44)24-33(25-37(38)43)42(4,5)32-10-12-35(13-11-32)55-27-34-16-18-45-40(47-34)48-51(6,54)56/h9-14,16,18,23-25,28,54,56H,7-8,15,17,19-22,27H2,1-6H3,(H-,45,46,47,48,53)/p+1. The van der Waals surface area contributed by atoms with Crippen LogP contribution in [-0.4, -0.2) is 75.8 Å². The lowest BCUT2D eigenvalue weighted by Gasteiger charge is -2.37. The summed E-state index contributed by atoms with van der Waals surface area (Å²) in [7, 11) is 1.42. The number of halogens is 1. The summed E-state index contributed by atoms with van der Waals surface area (Å²) in [5.74, 6) is 1.05. The summed E-state index contributed by atoms with van der Waals surface area (Å²) in [4.78, 5) is 38.2. The number of aromatic nitrogens is 2. The lowest BCUT2D eigenvalue weighted by molar-refractivity contribution is -0.955. The Labute approximate surface area is 340 Å². The fourth-order valence-corrected chi connectivity index (χ4v) is 7.15. The molecule has 4 aromatic rings. The zero-order chi connectivity index (χ0) is 40.6. The number of hydroxylamine groups is 1. The van der Waals surface area contributed by atoms with E-state index in [4.69, 9.17) is 16.3 Å². The number of benzene rings is 3. The topological polar surface area (TPSA) is 144 Å². The highest BCUT2D eigenvalue weighted by Crippen LogP contribution is 2.39. The molecule has 1 aliphatic rings. The second-order valence-corrected chi connectivity index (χ2v) is 16.0. The van der Waals surface area contributed by atoms with E-state index in [2.05, 4.69) is 71.3 Å². The van der Waals surface area contributed by atoms with Gasteiger partial charge in [0, 0.05) is 55.8 Å². The molecule has 0 aliphatic carbocycles. The van der Waals surface area contributed by atoms with Gasteiger partial charge in [-0.3, -0.25) is 4.79 Å². The van der Waals surface area contributed by atoms with Gasteiger partial charge in [-0.2, -0.15) is 15.9 Å². The van der Waals surface area contributed by atoms with Crippen LogP contribution in [0.1, 0.15) is 84.9 Å². The van der Waals surface area contributed by atoms with Crippen LogP contribution >= 0.6 is 24.4 Å². The van der Waals surface area contributed by atoms with Crippen LogP contribution in [0.2, 0.25) is 5.02 Å². The fourth-order valence-electron chi connectivity index (χ4n) is 6.72. The molecule has 2 atom stereocenters. The summed E-state index contributed by atoms with van der Waals surface area (Å²) in [5, 5.41) is 23.6. The fraction of sp³-hybridized carbons (Fsp3) is 0.405. The summed E-state index contributed by atoms with van der Waals surface area (Å²) < 4.78 is 5.15. The highest BCUT2D eigenvalue weighted by atomic mass is 35.5. The van der Waals surface area contributed by atoms with Crippen molar-refractivity contribution in [3.8, 4) is 11.8 Å². The Morgan fingerprint density at radius 2 is 1.79 bits per heavy atom. The number of ketones is 1. The number of hydrogen-bond acceptors (Lipinski definition) is 10. The van der Waals surface area contributed by atoms with Gasteiger partial charge in [0.25, 0.3) is 5.95 Å². The number of amides is 2. The van der Waals surface area contributed by atoms with E-state index in [1.165, 1.54) is 7.05 Å². The molecule has 1 aromatic heterocycles. The number of ether oxygens (including phenoxy) is 1. The van der Waals surface area contributed by atoms with Crippen LogP contribution in [-0.2, 0) is 24.9 Å². The first-order valence-electron chi connectivity index (χ1n) is 19.0. The molecule has 2 heterocycles. The number of nitrogens with zero attached hydrogens (tertiary/aromatic N) is 6. The maximum atomic E-state index is 13.1. The average molecular weight is 800 g/mol. The minimum atomic E-state index is -0.814. The van der Waals surface area contributed by atoms with Crippen LogP contribution in [0.25, 0.3) is 0 Å². The van der Waals surface area contributed by atoms with Crippen LogP contribution in [0, 0.1) is 17.2 Å². The van der Waals surface area contributed by atoms with E-state index in [0.29, 0.717) is 66.9 Å². The molecule has 0 spiro atoms. The van der Waals surface area contributed by atoms with Gasteiger partial charge < -0.3 is 19.9 Å². The number of hydrogen-bond donors (Lipinski definition) is 4. The molecule has 296 valence electrons. The van der Waals surface area contributed by atoms with Gasteiger partial charge in [-0.25, -0.2) is 14.8 Å². The van der Waals surface area contributed by atoms with Crippen molar-refractivity contribution in [2.45, 2.75) is 65.9 Å². The van der Waals surface area contributed by atoms with Crippen molar-refractivity contribution in [2.24, 2.45) is 5.92 Å². The maximum absolute atomic E-state index is 13.1. The van der Waals surface area contributed by atoms with E-state index in [-0.39, 0.29) is 30.3 Å². The molecule has 56 heavy (non-hydrogen) atoms. The number of nitriles is 1. The molecule has 12 nitrogen and oxygen atoms in total. The van der Waals surface area contributed by atoms with Crippen molar-refractivity contribution >= 4 is 47.9 Å². The van der Waals surface area contributed by atoms with E-state index in [1.807, 2.05) is 62.4 Å². The van der Waals surface area contributed by atoms with Crippen molar-refractivity contribution in [1.82, 2.24) is 20.2 Å². The Bertz CT molecular complexity index is 2060. The van der Waals surface area contributed by atoms with Crippen LogP contribution in [0.3, 0.4) is 0 Å². The molecule has 5 rings (SSSR count). The van der Waals surface area contributed by atoms with Gasteiger partial charge in [0.15, 0.2) is 5.78 Å². The van der Waals surface area contributed by atoms with E-state index in [1.54, 1.807) is 17.2 Å². The minimum absolute atomic E-state index is 0.00132. The minimum Gasteiger partial charge on any atom is -0.487 e. The van der Waals surface area contributed by atoms with Gasteiger partial charge in [0.05, 0.1) is 22.0 Å². The quantitative estimate of drug-likeness (QED) is 0.0410. The lowest BCUT2D eigenvalue weighted by Crippen LogP contribution is -2.52. The number of piperazine rings is 1. The molecule has 0 bridgehead atoms. The number of quaternary nitrogens is 1. The van der Waals surface area contributed by atoms with E-state index < -0.39 is 9.58 Å². The number of urea groups is 1. The molecule has 0 radical (unpaired) electrons. The number of carbonyl (C=O) groups excluding carboxylic acids is 2. The number of aryl methyl sites for hydroxylation is 1. The van der Waals surface area contributed by atoms with Crippen molar-refractivity contribution < 1.29 is 23.7 Å². The van der Waals surface area contributed by atoms with Gasteiger partial charge in [-0.05, 0) is 76.0 Å². The van der Waals surface area contributed by atoms with Gasteiger partial charge in [0.1, 0.15) is 38.3 Å². The van der Waals surface area contributed by atoms with Crippen LogP contribution in [0.15, 0.2) is 66.9 Å². The number of carbonyl (C=O) groups is 2. The van der Waals surface area contributed by atoms with Gasteiger partial charge in [0.2, 0.25) is 0 Å². The Balaban J connectivity index is 1.16. The van der Waals surface area contributed by atoms with Gasteiger partial charge >= 0.3 is 6.03 Å². The summed E-state index contributed by atoms with van der Waals surface area (Å²) >= 11 is 10.9. The zero-order valence-electron chi connectivity index (χ0n) is 33.0. The van der Waals surface area contributed by atoms with Crippen LogP contribution in [0.5, 0.6) is 5.75 Å². The first-order chi connectivity index (χ1) is 26.6. The lowest BCUT2D eigenvalue weighted by atomic mass is 9.77. The Kier molecular flexibility index (Phi) is 13.9. The second kappa shape index (κ2) is 18.4. The smallest absolute Gasteiger partial charge is 0.317 e. The monoisotopic (exact) mass is 799 g/mol. The van der Waals surface area contributed by atoms with E-state index >= 15 is 0 Å². The molecule has 2 amide bonds. The number of thiol groups is 1. The van der Waals surface area contributed by atoms with Crippen molar-refractivity contribution in [3.63, 3.8) is 0 Å². The van der Waals surface area contributed by atoms with E-state index in [0.717, 1.165) is 40.7 Å². The molecule has 14 heteroatoms. The normalized spacial score (nSPS) is 14.7. The SMILES string of the molecule is CCc1cc(CCNC(=O)N2CCN(c3c(Cl)cc(C(C)(C)c4ccc(OCc5ccnc(N[N+](C)(O)S)n5)cc4)cc3C#N)CC2)ccc1C(=O)C(C)CC. The number of nitrogens with one attached hydrogen (secondary N) is 2. The van der Waals surface area contributed by atoms with E-state index in [9.17, 15) is 20.1 Å². The second-order valence-electron chi connectivity index (χ2n) is 14.8. The third-order valence-electron chi connectivity index (χ3n) is 10.3. The highest BCUT2D eigenvalue weighted by Gasteiger charge is 2.29. The molecular formula is C42H52ClN8O4S+. The Hall–Kier alpha value is -4.87. The number of anilines is 2. The van der Waals surface area contributed by atoms with Crippen LogP contribution < -0.4 is 20.4 Å². The zero-order valence-corrected chi connectivity index (χ0v) is 34.6.